The number of fused-ring (bicyclic) bond motifs is 3. The summed E-state index contributed by atoms with van der Waals surface area (Å²) in [6, 6.07) is 0. The maximum Gasteiger partial charge on any atom is 0.264 e. The topological polar surface area (TPSA) is 73.0 Å². The number of hydrogen-bond donors (Lipinski definition) is 1. The first-order chi connectivity index (χ1) is 12.1. The highest BCUT2D eigenvalue weighted by Gasteiger charge is 2.22. The lowest BCUT2D eigenvalue weighted by atomic mass is 9.97. The van der Waals surface area contributed by atoms with Gasteiger partial charge in [0.05, 0.1) is 5.39 Å². The summed E-state index contributed by atoms with van der Waals surface area (Å²) in [4.78, 5) is 20.1. The predicted molar refractivity (Wildman–Crippen MR) is 100.0 cm³/mol. The standard InChI is InChI=1S/C18H20N4O2S/c1-4-9-22-17(23)14-12-7-5-6-8-13(12)25-16(14)20-18(22)19-15-10(2)21-24-11(15)3/h4H,1,5-9H2,2-3H3,(H,19,20). The van der Waals surface area contributed by atoms with Gasteiger partial charge < -0.3 is 9.84 Å². The molecule has 0 saturated heterocycles. The van der Waals surface area contributed by atoms with Gasteiger partial charge in [-0.1, -0.05) is 11.2 Å². The van der Waals surface area contributed by atoms with E-state index in [0.29, 0.717) is 18.3 Å². The summed E-state index contributed by atoms with van der Waals surface area (Å²) in [5, 5.41) is 7.98. The molecule has 130 valence electrons. The van der Waals surface area contributed by atoms with Gasteiger partial charge in [0, 0.05) is 11.4 Å². The van der Waals surface area contributed by atoms with E-state index in [1.165, 1.54) is 16.9 Å². The molecule has 25 heavy (non-hydrogen) atoms. The van der Waals surface area contributed by atoms with Crippen LogP contribution in [0.4, 0.5) is 11.6 Å². The maximum atomic E-state index is 13.2. The second-order valence-electron chi connectivity index (χ2n) is 6.36. The number of allylic oxidation sites excluding steroid dienone is 1. The molecule has 6 nitrogen and oxygen atoms in total. The van der Waals surface area contributed by atoms with Crippen LogP contribution in [0.1, 0.15) is 34.7 Å². The SMILES string of the molecule is C=CCn1c(Nc2c(C)noc2C)nc2sc3c(c2c1=O)CCCC3. The molecule has 1 aliphatic carbocycles. The molecule has 0 aromatic carbocycles. The van der Waals surface area contributed by atoms with Gasteiger partial charge in [-0.3, -0.25) is 9.36 Å². The lowest BCUT2D eigenvalue weighted by Crippen LogP contribution is -2.24. The molecule has 0 unspecified atom stereocenters. The van der Waals surface area contributed by atoms with E-state index in [0.717, 1.165) is 40.9 Å². The zero-order valence-electron chi connectivity index (χ0n) is 14.4. The molecule has 0 atom stereocenters. The van der Waals surface area contributed by atoms with Gasteiger partial charge in [-0.2, -0.15) is 0 Å². The minimum Gasteiger partial charge on any atom is -0.359 e. The van der Waals surface area contributed by atoms with Crippen molar-refractivity contribution in [3.8, 4) is 0 Å². The maximum absolute atomic E-state index is 13.2. The fraction of sp³-hybridized carbons (Fsp3) is 0.389. The highest BCUT2D eigenvalue weighted by Crippen LogP contribution is 2.34. The Kier molecular flexibility index (Phi) is 3.95. The van der Waals surface area contributed by atoms with Gasteiger partial charge in [0.1, 0.15) is 16.2 Å². The molecule has 3 aromatic heterocycles. The molecule has 1 N–H and O–H groups in total. The minimum absolute atomic E-state index is 0.00133. The molecule has 0 bridgehead atoms. The number of rotatable bonds is 4. The van der Waals surface area contributed by atoms with Crippen molar-refractivity contribution >= 4 is 33.2 Å². The molecule has 0 saturated carbocycles. The summed E-state index contributed by atoms with van der Waals surface area (Å²) in [6.45, 7) is 7.88. The Labute approximate surface area is 149 Å². The van der Waals surface area contributed by atoms with Crippen molar-refractivity contribution in [2.24, 2.45) is 0 Å². The third-order valence-electron chi connectivity index (χ3n) is 4.66. The Morgan fingerprint density at radius 1 is 1.36 bits per heavy atom. The molecule has 1 aliphatic rings. The zero-order chi connectivity index (χ0) is 17.6. The lowest BCUT2D eigenvalue weighted by Gasteiger charge is -2.13. The van der Waals surface area contributed by atoms with Crippen LogP contribution in [0.25, 0.3) is 10.2 Å². The van der Waals surface area contributed by atoms with Crippen molar-refractivity contribution in [3.63, 3.8) is 0 Å². The van der Waals surface area contributed by atoms with Crippen LogP contribution in [0.5, 0.6) is 0 Å². The van der Waals surface area contributed by atoms with E-state index in [4.69, 9.17) is 9.51 Å². The molecule has 0 spiro atoms. The Morgan fingerprint density at radius 2 is 2.16 bits per heavy atom. The van der Waals surface area contributed by atoms with Crippen LogP contribution in [0.15, 0.2) is 22.0 Å². The van der Waals surface area contributed by atoms with E-state index in [1.54, 1.807) is 22.0 Å². The molecule has 0 radical (unpaired) electrons. The van der Waals surface area contributed by atoms with Crippen molar-refractivity contribution in [2.45, 2.75) is 46.1 Å². The van der Waals surface area contributed by atoms with Crippen molar-refractivity contribution < 1.29 is 4.52 Å². The van der Waals surface area contributed by atoms with Crippen LogP contribution in [0, 0.1) is 13.8 Å². The van der Waals surface area contributed by atoms with E-state index in [-0.39, 0.29) is 5.56 Å². The average Bonchev–Trinajstić information content (AvgIpc) is 3.12. The van der Waals surface area contributed by atoms with Gasteiger partial charge in [0.2, 0.25) is 5.95 Å². The first kappa shape index (κ1) is 16.1. The average molecular weight is 356 g/mol. The number of hydrogen-bond acceptors (Lipinski definition) is 6. The summed E-state index contributed by atoms with van der Waals surface area (Å²) in [5.74, 6) is 1.17. The summed E-state index contributed by atoms with van der Waals surface area (Å²) in [6.07, 6.45) is 6.05. The molecule has 0 aliphatic heterocycles. The van der Waals surface area contributed by atoms with Gasteiger partial charge in [-0.15, -0.1) is 17.9 Å². The fourth-order valence-corrected chi connectivity index (χ4v) is 4.66. The Balaban J connectivity index is 1.93. The number of nitrogens with zero attached hydrogens (tertiary/aromatic N) is 3. The molecular weight excluding hydrogens is 336 g/mol. The van der Waals surface area contributed by atoms with Gasteiger partial charge in [0.25, 0.3) is 5.56 Å². The van der Waals surface area contributed by atoms with Gasteiger partial charge in [0.15, 0.2) is 5.76 Å². The Bertz CT molecular complexity index is 1010. The van der Waals surface area contributed by atoms with Crippen molar-refractivity contribution in [2.75, 3.05) is 5.32 Å². The van der Waals surface area contributed by atoms with E-state index in [1.807, 2.05) is 13.8 Å². The first-order valence-electron chi connectivity index (χ1n) is 8.46. The quantitative estimate of drug-likeness (QED) is 0.718. The van der Waals surface area contributed by atoms with Crippen LogP contribution in [-0.2, 0) is 19.4 Å². The number of aromatic nitrogens is 3. The molecule has 3 heterocycles. The van der Waals surface area contributed by atoms with Crippen LogP contribution < -0.4 is 10.9 Å². The van der Waals surface area contributed by atoms with Gasteiger partial charge in [-0.05, 0) is 45.1 Å². The largest absolute Gasteiger partial charge is 0.359 e. The summed E-state index contributed by atoms with van der Waals surface area (Å²) in [7, 11) is 0. The molecule has 4 rings (SSSR count). The predicted octanol–water partition coefficient (Wildman–Crippen LogP) is 3.87. The van der Waals surface area contributed by atoms with Gasteiger partial charge >= 0.3 is 0 Å². The van der Waals surface area contributed by atoms with Crippen LogP contribution >= 0.6 is 11.3 Å². The van der Waals surface area contributed by atoms with E-state index < -0.39 is 0 Å². The fourth-order valence-electron chi connectivity index (χ4n) is 3.41. The van der Waals surface area contributed by atoms with Gasteiger partial charge in [-0.25, -0.2) is 4.98 Å². The molecule has 7 heteroatoms. The third kappa shape index (κ3) is 2.59. The monoisotopic (exact) mass is 356 g/mol. The van der Waals surface area contributed by atoms with Crippen LogP contribution in [0.3, 0.4) is 0 Å². The Morgan fingerprint density at radius 3 is 2.88 bits per heavy atom. The minimum atomic E-state index is -0.00133. The zero-order valence-corrected chi connectivity index (χ0v) is 15.2. The normalized spacial score (nSPS) is 13.8. The number of aryl methyl sites for hydroxylation is 4. The second-order valence-corrected chi connectivity index (χ2v) is 7.44. The van der Waals surface area contributed by atoms with Crippen molar-refractivity contribution in [1.29, 1.82) is 0 Å². The molecule has 0 fully saturated rings. The highest BCUT2D eigenvalue weighted by atomic mass is 32.1. The molecule has 0 amide bonds. The van der Waals surface area contributed by atoms with Crippen molar-refractivity contribution in [3.05, 3.63) is 44.9 Å². The lowest BCUT2D eigenvalue weighted by molar-refractivity contribution is 0.393. The number of thiophene rings is 1. The smallest absolute Gasteiger partial charge is 0.264 e. The summed E-state index contributed by atoms with van der Waals surface area (Å²) >= 11 is 1.65. The van der Waals surface area contributed by atoms with Crippen molar-refractivity contribution in [1.82, 2.24) is 14.7 Å². The summed E-state index contributed by atoms with van der Waals surface area (Å²) in [5.41, 5.74) is 2.69. The molecular formula is C18H20N4O2S. The van der Waals surface area contributed by atoms with E-state index >= 15 is 0 Å². The number of anilines is 2. The highest BCUT2D eigenvalue weighted by molar-refractivity contribution is 7.18. The number of nitrogens with one attached hydrogen (secondary N) is 1. The first-order valence-corrected chi connectivity index (χ1v) is 9.27. The van der Waals surface area contributed by atoms with E-state index in [9.17, 15) is 4.79 Å². The van der Waals surface area contributed by atoms with Crippen LogP contribution in [0.2, 0.25) is 0 Å². The third-order valence-corrected chi connectivity index (χ3v) is 5.84. The summed E-state index contributed by atoms with van der Waals surface area (Å²) < 4.78 is 6.85. The Hall–Kier alpha value is -2.41. The second kappa shape index (κ2) is 6.15. The van der Waals surface area contributed by atoms with Crippen LogP contribution in [-0.4, -0.2) is 14.7 Å². The van der Waals surface area contributed by atoms with E-state index in [2.05, 4.69) is 17.1 Å². The molecule has 3 aromatic rings.